The highest BCUT2D eigenvalue weighted by Gasteiger charge is 2.16. The number of rotatable bonds is 53. The molecule has 0 spiro atoms. The molecule has 0 heterocycles. The van der Waals surface area contributed by atoms with Gasteiger partial charge in [0.15, 0.2) is 6.10 Å². The van der Waals surface area contributed by atoms with E-state index in [2.05, 4.69) is 74.6 Å². The van der Waals surface area contributed by atoms with Gasteiger partial charge in [0.2, 0.25) is 0 Å². The molecule has 0 aromatic carbocycles. The number of aliphatic hydroxyl groups is 1. The maximum atomic E-state index is 12.2. The zero-order chi connectivity index (χ0) is 47.7. The molecule has 0 amide bonds. The van der Waals surface area contributed by atoms with E-state index in [1.165, 1.54) is 205 Å². The fourth-order valence-electron chi connectivity index (χ4n) is 8.49. The third-order valence-electron chi connectivity index (χ3n) is 12.8. The maximum Gasteiger partial charge on any atom is 0.306 e. The van der Waals surface area contributed by atoms with Crippen LogP contribution in [-0.4, -0.2) is 36.4 Å². The molecule has 0 bridgehead atoms. The lowest BCUT2D eigenvalue weighted by atomic mass is 10.0. The van der Waals surface area contributed by atoms with Crippen LogP contribution in [0.5, 0.6) is 0 Å². The molecular formula is C61H110O5. The third-order valence-corrected chi connectivity index (χ3v) is 12.8. The predicted octanol–water partition coefficient (Wildman–Crippen LogP) is 19.4. The first kappa shape index (κ1) is 63.6. The summed E-state index contributed by atoms with van der Waals surface area (Å²) in [6, 6.07) is 0. The minimum absolute atomic E-state index is 0.0816. The number of hydrogen-bond acceptors (Lipinski definition) is 5. The van der Waals surface area contributed by atoms with Gasteiger partial charge in [0.05, 0.1) is 6.61 Å². The normalized spacial score (nSPS) is 12.6. The van der Waals surface area contributed by atoms with E-state index in [4.69, 9.17) is 9.47 Å². The van der Waals surface area contributed by atoms with Crippen LogP contribution in [0.3, 0.4) is 0 Å². The van der Waals surface area contributed by atoms with Crippen molar-refractivity contribution in [3.63, 3.8) is 0 Å². The van der Waals surface area contributed by atoms with Crippen LogP contribution in [0.25, 0.3) is 0 Å². The van der Waals surface area contributed by atoms with Crippen molar-refractivity contribution in [2.75, 3.05) is 13.2 Å². The SMILES string of the molecule is CC/C=C\C/C=C\C/C=C\C/C=C\CCCCC(=O)OC(CO)COC(=O)CCCCCCCCCCCCCCCCCCCCCCCCCCC/C=C\CCCCCCCCCC. The average molecular weight is 924 g/mol. The molecule has 0 aromatic heterocycles. The first-order chi connectivity index (χ1) is 32.6. The van der Waals surface area contributed by atoms with E-state index in [0.717, 1.165) is 64.2 Å². The second kappa shape index (κ2) is 56.9. The number of allylic oxidation sites excluding steroid dienone is 10. The minimum atomic E-state index is -0.794. The summed E-state index contributed by atoms with van der Waals surface area (Å²) in [7, 11) is 0. The van der Waals surface area contributed by atoms with E-state index >= 15 is 0 Å². The average Bonchev–Trinajstić information content (AvgIpc) is 3.32. The largest absolute Gasteiger partial charge is 0.462 e. The summed E-state index contributed by atoms with van der Waals surface area (Å²) in [5, 5.41) is 9.61. The van der Waals surface area contributed by atoms with Gasteiger partial charge in [-0.2, -0.15) is 0 Å². The Labute approximate surface area is 411 Å². The quantitative estimate of drug-likeness (QED) is 0.0374. The van der Waals surface area contributed by atoms with Crippen molar-refractivity contribution >= 4 is 11.9 Å². The van der Waals surface area contributed by atoms with E-state index in [1.807, 2.05) is 0 Å². The summed E-state index contributed by atoms with van der Waals surface area (Å²) < 4.78 is 10.6. The van der Waals surface area contributed by atoms with Crippen molar-refractivity contribution in [3.05, 3.63) is 60.8 Å². The Kier molecular flexibility index (Phi) is 54.9. The Morgan fingerprint density at radius 1 is 0.364 bits per heavy atom. The fraction of sp³-hybridized carbons (Fsp3) is 0.803. The minimum Gasteiger partial charge on any atom is -0.462 e. The van der Waals surface area contributed by atoms with Crippen molar-refractivity contribution in [1.29, 1.82) is 0 Å². The highest BCUT2D eigenvalue weighted by Crippen LogP contribution is 2.17. The summed E-state index contributed by atoms with van der Waals surface area (Å²) in [5.74, 6) is -0.631. The Morgan fingerprint density at radius 2 is 0.652 bits per heavy atom. The molecule has 1 unspecified atom stereocenters. The first-order valence-electron chi connectivity index (χ1n) is 28.8. The molecule has 0 rings (SSSR count). The Hall–Kier alpha value is -2.40. The summed E-state index contributed by atoms with van der Waals surface area (Å²) in [4.78, 5) is 24.4. The highest BCUT2D eigenvalue weighted by molar-refractivity contribution is 5.70. The number of ether oxygens (including phenoxy) is 2. The van der Waals surface area contributed by atoms with Gasteiger partial charge in [-0.1, -0.05) is 267 Å². The zero-order valence-electron chi connectivity index (χ0n) is 44.0. The summed E-state index contributed by atoms with van der Waals surface area (Å²) in [6.45, 7) is 4.01. The second-order valence-corrected chi connectivity index (χ2v) is 19.3. The molecule has 0 radical (unpaired) electrons. The Balaban J connectivity index is 3.40. The molecule has 0 aliphatic heterocycles. The van der Waals surface area contributed by atoms with Gasteiger partial charge in [-0.3, -0.25) is 9.59 Å². The van der Waals surface area contributed by atoms with Gasteiger partial charge in [-0.25, -0.2) is 0 Å². The van der Waals surface area contributed by atoms with Gasteiger partial charge in [0, 0.05) is 12.8 Å². The van der Waals surface area contributed by atoms with Gasteiger partial charge in [0.25, 0.3) is 0 Å². The number of carbonyl (C=O) groups is 2. The number of unbranched alkanes of at least 4 members (excludes halogenated alkanes) is 35. The summed E-state index contributed by atoms with van der Waals surface area (Å²) >= 11 is 0. The van der Waals surface area contributed by atoms with E-state index in [1.54, 1.807) is 0 Å². The standard InChI is InChI=1S/C61H110O5/c1-3-5-7-9-11-13-15-17-19-20-21-22-23-24-25-26-27-28-29-30-31-32-33-34-35-36-37-38-39-40-42-43-45-47-49-51-53-55-60(63)65-58-59(57-62)66-61(64)56-54-52-50-48-46-44-41-18-16-14-12-10-8-6-4-2/h6,8,12,14,18,20-21,41,46,48,59,62H,3-5,7,9-11,13,15-17,19,22-40,42-45,47,49-58H2,1-2H3/b8-6-,14-12-,21-20-,41-18-,48-46-. The maximum absolute atomic E-state index is 12.2. The van der Waals surface area contributed by atoms with Gasteiger partial charge in [-0.15, -0.1) is 0 Å². The van der Waals surface area contributed by atoms with Gasteiger partial charge in [0.1, 0.15) is 6.61 Å². The topological polar surface area (TPSA) is 72.8 Å². The Morgan fingerprint density at radius 3 is 1.03 bits per heavy atom. The van der Waals surface area contributed by atoms with Gasteiger partial charge in [-0.05, 0) is 77.0 Å². The smallest absolute Gasteiger partial charge is 0.306 e. The molecular weight excluding hydrogens is 813 g/mol. The Bertz CT molecular complexity index is 1130. The molecule has 1 atom stereocenters. The van der Waals surface area contributed by atoms with Crippen LogP contribution in [-0.2, 0) is 19.1 Å². The monoisotopic (exact) mass is 923 g/mol. The fourth-order valence-corrected chi connectivity index (χ4v) is 8.49. The predicted molar refractivity (Wildman–Crippen MR) is 288 cm³/mol. The molecule has 5 heteroatoms. The van der Waals surface area contributed by atoms with Crippen molar-refractivity contribution in [2.45, 2.75) is 302 Å². The lowest BCUT2D eigenvalue weighted by molar-refractivity contribution is -0.161. The van der Waals surface area contributed by atoms with Gasteiger partial charge < -0.3 is 14.6 Å². The third kappa shape index (κ3) is 54.2. The summed E-state index contributed by atoms with van der Waals surface area (Å²) in [5.41, 5.74) is 0. The molecule has 66 heavy (non-hydrogen) atoms. The van der Waals surface area contributed by atoms with Crippen LogP contribution in [0, 0.1) is 0 Å². The summed E-state index contributed by atoms with van der Waals surface area (Å²) in [6.07, 6.45) is 76.6. The lowest BCUT2D eigenvalue weighted by Gasteiger charge is -2.15. The number of carbonyl (C=O) groups excluding carboxylic acids is 2. The molecule has 0 aliphatic carbocycles. The highest BCUT2D eigenvalue weighted by atomic mass is 16.6. The van der Waals surface area contributed by atoms with Crippen molar-refractivity contribution in [2.24, 2.45) is 0 Å². The van der Waals surface area contributed by atoms with Crippen molar-refractivity contribution in [3.8, 4) is 0 Å². The van der Waals surface area contributed by atoms with E-state index in [9.17, 15) is 14.7 Å². The zero-order valence-corrected chi connectivity index (χ0v) is 44.0. The van der Waals surface area contributed by atoms with E-state index < -0.39 is 6.10 Å². The van der Waals surface area contributed by atoms with Crippen LogP contribution >= 0.6 is 0 Å². The molecule has 0 saturated carbocycles. The molecule has 1 N–H and O–H groups in total. The number of aliphatic hydroxyl groups excluding tert-OH is 1. The number of esters is 2. The van der Waals surface area contributed by atoms with Crippen LogP contribution < -0.4 is 0 Å². The van der Waals surface area contributed by atoms with Crippen LogP contribution in [0.15, 0.2) is 60.8 Å². The second-order valence-electron chi connectivity index (χ2n) is 19.3. The lowest BCUT2D eigenvalue weighted by Crippen LogP contribution is -2.28. The number of hydrogen-bond donors (Lipinski definition) is 1. The van der Waals surface area contributed by atoms with E-state index in [0.29, 0.717) is 12.8 Å². The molecule has 5 nitrogen and oxygen atoms in total. The first-order valence-corrected chi connectivity index (χ1v) is 28.8. The molecule has 0 aliphatic rings. The van der Waals surface area contributed by atoms with Crippen LogP contribution in [0.4, 0.5) is 0 Å². The van der Waals surface area contributed by atoms with E-state index in [-0.39, 0.29) is 25.2 Å². The van der Waals surface area contributed by atoms with Gasteiger partial charge >= 0.3 is 11.9 Å². The molecule has 0 saturated heterocycles. The van der Waals surface area contributed by atoms with Crippen molar-refractivity contribution in [1.82, 2.24) is 0 Å². The van der Waals surface area contributed by atoms with Crippen LogP contribution in [0.1, 0.15) is 296 Å². The molecule has 0 fully saturated rings. The van der Waals surface area contributed by atoms with Crippen LogP contribution in [0.2, 0.25) is 0 Å². The molecule has 384 valence electrons. The van der Waals surface area contributed by atoms with Crippen molar-refractivity contribution < 1.29 is 24.2 Å². The molecule has 0 aromatic rings.